The van der Waals surface area contributed by atoms with E-state index >= 15 is 0 Å². The van der Waals surface area contributed by atoms with Crippen LogP contribution >= 0.6 is 0 Å². The van der Waals surface area contributed by atoms with E-state index in [0.717, 1.165) is 0 Å². The Balaban J connectivity index is 2.97. The second kappa shape index (κ2) is 3.32. The number of aliphatic hydroxyl groups is 5. The Morgan fingerprint density at radius 1 is 1.23 bits per heavy atom. The van der Waals surface area contributed by atoms with E-state index in [1.807, 2.05) is 0 Å². The van der Waals surface area contributed by atoms with Crippen LogP contribution in [0.2, 0.25) is 0 Å². The number of hydrogen-bond acceptors (Lipinski definition) is 6. The fraction of sp³-hybridized carbons (Fsp3) is 0.857. The van der Waals surface area contributed by atoms with Crippen LogP contribution in [0.1, 0.15) is 0 Å². The maximum absolute atomic E-state index is 10.4. The van der Waals surface area contributed by atoms with Crippen molar-refractivity contribution in [3.05, 3.63) is 0 Å². The molecule has 76 valence electrons. The van der Waals surface area contributed by atoms with Crippen LogP contribution < -0.4 is 0 Å². The molecular weight excluding hydrogens is 180 g/mol. The summed E-state index contributed by atoms with van der Waals surface area (Å²) in [5, 5.41) is 45.7. The van der Waals surface area contributed by atoms with Crippen LogP contribution in [0.25, 0.3) is 0 Å². The van der Waals surface area contributed by atoms with Gasteiger partial charge in [0.2, 0.25) is 0 Å². The normalized spacial score (nSPS) is 43.5. The molecule has 0 aromatic carbocycles. The quantitative estimate of drug-likeness (QED) is 0.232. The first-order valence-corrected chi connectivity index (χ1v) is 3.83. The second-order valence-electron chi connectivity index (χ2n) is 3.22. The number of carbonyl (C=O) groups excluding carboxylic acids is 1. The smallest absolute Gasteiger partial charge is 0.182 e. The standard InChI is InChI=1S/C7H12O6/c8-1-3-5(10)6(11)4(2-9)7(3,12)13/h1,3-6,9-13H,2H2. The van der Waals surface area contributed by atoms with Gasteiger partial charge in [-0.2, -0.15) is 0 Å². The molecule has 0 bridgehead atoms. The van der Waals surface area contributed by atoms with Crippen LogP contribution in [0.15, 0.2) is 0 Å². The Kier molecular flexibility index (Phi) is 2.69. The number of aldehydes is 1. The summed E-state index contributed by atoms with van der Waals surface area (Å²) in [6.07, 6.45) is -2.90. The molecule has 0 saturated heterocycles. The van der Waals surface area contributed by atoms with Gasteiger partial charge in [0.1, 0.15) is 6.29 Å². The average Bonchev–Trinajstić information content (AvgIpc) is 2.20. The number of carbonyl (C=O) groups is 1. The molecule has 0 heterocycles. The van der Waals surface area contributed by atoms with Gasteiger partial charge in [-0.3, -0.25) is 0 Å². The first kappa shape index (κ1) is 10.6. The van der Waals surface area contributed by atoms with Crippen molar-refractivity contribution in [1.82, 2.24) is 0 Å². The molecule has 6 heteroatoms. The molecule has 1 aliphatic rings. The summed E-state index contributed by atoms with van der Waals surface area (Å²) in [5.41, 5.74) is 0. The first-order chi connectivity index (χ1) is 5.96. The Morgan fingerprint density at radius 2 is 1.77 bits per heavy atom. The highest BCUT2D eigenvalue weighted by Crippen LogP contribution is 2.37. The van der Waals surface area contributed by atoms with E-state index in [9.17, 15) is 25.2 Å². The third-order valence-corrected chi connectivity index (χ3v) is 2.51. The molecule has 13 heavy (non-hydrogen) atoms. The summed E-state index contributed by atoms with van der Waals surface area (Å²) in [4.78, 5) is 10.4. The molecule has 0 aliphatic heterocycles. The fourth-order valence-corrected chi connectivity index (χ4v) is 1.62. The highest BCUT2D eigenvalue weighted by Gasteiger charge is 2.58. The maximum atomic E-state index is 10.4. The molecular formula is C7H12O6. The highest BCUT2D eigenvalue weighted by atomic mass is 16.5. The van der Waals surface area contributed by atoms with Crippen molar-refractivity contribution in [3.63, 3.8) is 0 Å². The number of aliphatic hydroxyl groups excluding tert-OH is 3. The minimum absolute atomic E-state index is 0.156. The van der Waals surface area contributed by atoms with Crippen LogP contribution in [0.3, 0.4) is 0 Å². The average molecular weight is 192 g/mol. The predicted molar refractivity (Wildman–Crippen MR) is 39.3 cm³/mol. The summed E-state index contributed by atoms with van der Waals surface area (Å²) in [5.74, 6) is -5.35. The van der Waals surface area contributed by atoms with E-state index in [2.05, 4.69) is 0 Å². The monoisotopic (exact) mass is 192 g/mol. The van der Waals surface area contributed by atoms with E-state index in [-0.39, 0.29) is 6.29 Å². The topological polar surface area (TPSA) is 118 Å². The van der Waals surface area contributed by atoms with Gasteiger partial charge in [-0.1, -0.05) is 0 Å². The molecule has 6 nitrogen and oxygen atoms in total. The van der Waals surface area contributed by atoms with E-state index in [4.69, 9.17) is 5.11 Å². The molecule has 0 spiro atoms. The SMILES string of the molecule is O=CC1C(O)C(O)C(CO)C1(O)O. The lowest BCUT2D eigenvalue weighted by Gasteiger charge is -2.25. The molecule has 5 N–H and O–H groups in total. The van der Waals surface area contributed by atoms with E-state index in [1.165, 1.54) is 0 Å². The van der Waals surface area contributed by atoms with Crippen LogP contribution in [-0.2, 0) is 4.79 Å². The Bertz CT molecular complexity index is 203. The zero-order chi connectivity index (χ0) is 10.2. The minimum Gasteiger partial charge on any atom is -0.396 e. The lowest BCUT2D eigenvalue weighted by atomic mass is 9.97. The molecule has 1 fully saturated rings. The van der Waals surface area contributed by atoms with Gasteiger partial charge in [-0.05, 0) is 0 Å². The summed E-state index contributed by atoms with van der Waals surface area (Å²) >= 11 is 0. The van der Waals surface area contributed by atoms with Crippen molar-refractivity contribution in [1.29, 1.82) is 0 Å². The largest absolute Gasteiger partial charge is 0.396 e. The number of rotatable bonds is 2. The van der Waals surface area contributed by atoms with Crippen LogP contribution in [0.5, 0.6) is 0 Å². The molecule has 0 aromatic heterocycles. The van der Waals surface area contributed by atoms with Gasteiger partial charge in [0.05, 0.1) is 30.7 Å². The molecule has 0 radical (unpaired) electrons. The molecule has 0 aromatic rings. The Morgan fingerprint density at radius 3 is 2.00 bits per heavy atom. The third kappa shape index (κ3) is 1.36. The Hall–Kier alpha value is -0.530. The lowest BCUT2D eigenvalue weighted by Crippen LogP contribution is -2.44. The second-order valence-corrected chi connectivity index (χ2v) is 3.22. The van der Waals surface area contributed by atoms with Crippen molar-refractivity contribution in [2.24, 2.45) is 11.8 Å². The van der Waals surface area contributed by atoms with Crippen LogP contribution in [0, 0.1) is 11.8 Å². The molecule has 1 aliphatic carbocycles. The molecule has 1 saturated carbocycles. The van der Waals surface area contributed by atoms with E-state index < -0.39 is 36.4 Å². The fourth-order valence-electron chi connectivity index (χ4n) is 1.62. The van der Waals surface area contributed by atoms with Gasteiger partial charge in [-0.15, -0.1) is 0 Å². The molecule has 4 unspecified atom stereocenters. The van der Waals surface area contributed by atoms with Gasteiger partial charge < -0.3 is 30.3 Å². The lowest BCUT2D eigenvalue weighted by molar-refractivity contribution is -0.223. The summed E-state index contributed by atoms with van der Waals surface area (Å²) in [6, 6.07) is 0. The molecule has 4 atom stereocenters. The van der Waals surface area contributed by atoms with Gasteiger partial charge in [0.25, 0.3) is 0 Å². The maximum Gasteiger partial charge on any atom is 0.182 e. The van der Waals surface area contributed by atoms with Gasteiger partial charge in [0, 0.05) is 0 Å². The van der Waals surface area contributed by atoms with Crippen molar-refractivity contribution >= 4 is 6.29 Å². The predicted octanol–water partition coefficient (Wildman–Crippen LogP) is -3.17. The van der Waals surface area contributed by atoms with E-state index in [0.29, 0.717) is 0 Å². The zero-order valence-electron chi connectivity index (χ0n) is 6.74. The van der Waals surface area contributed by atoms with Gasteiger partial charge >= 0.3 is 0 Å². The van der Waals surface area contributed by atoms with Gasteiger partial charge in [0.15, 0.2) is 5.79 Å². The number of hydrogen-bond donors (Lipinski definition) is 5. The van der Waals surface area contributed by atoms with E-state index in [1.54, 1.807) is 0 Å². The van der Waals surface area contributed by atoms with Crippen molar-refractivity contribution in [2.75, 3.05) is 6.61 Å². The van der Waals surface area contributed by atoms with Crippen molar-refractivity contribution < 1.29 is 30.3 Å². The van der Waals surface area contributed by atoms with Crippen molar-refractivity contribution in [3.8, 4) is 0 Å². The van der Waals surface area contributed by atoms with Crippen LogP contribution in [-0.4, -0.2) is 56.4 Å². The summed E-state index contributed by atoms with van der Waals surface area (Å²) < 4.78 is 0. The molecule has 0 amide bonds. The van der Waals surface area contributed by atoms with Crippen LogP contribution in [0.4, 0.5) is 0 Å². The first-order valence-electron chi connectivity index (χ1n) is 3.83. The van der Waals surface area contributed by atoms with Crippen molar-refractivity contribution in [2.45, 2.75) is 18.0 Å². The summed E-state index contributed by atoms with van der Waals surface area (Å²) in [7, 11) is 0. The molecule has 1 rings (SSSR count). The minimum atomic E-state index is -2.55. The summed E-state index contributed by atoms with van der Waals surface area (Å²) in [6.45, 7) is -0.713. The highest BCUT2D eigenvalue weighted by molar-refractivity contribution is 5.57. The Labute approximate surface area is 74.1 Å². The zero-order valence-corrected chi connectivity index (χ0v) is 6.74. The third-order valence-electron chi connectivity index (χ3n) is 2.51. The van der Waals surface area contributed by atoms with Gasteiger partial charge in [-0.25, -0.2) is 0 Å².